The van der Waals surface area contributed by atoms with Gasteiger partial charge in [0.1, 0.15) is 11.5 Å². The van der Waals surface area contributed by atoms with E-state index in [1.807, 2.05) is 66.8 Å². The number of allylic oxidation sites excluding steroid dienone is 2. The van der Waals surface area contributed by atoms with Crippen molar-refractivity contribution < 1.29 is 9.47 Å². The molecule has 4 aromatic carbocycles. The maximum absolute atomic E-state index is 6.27. The molecule has 0 fully saturated rings. The van der Waals surface area contributed by atoms with Crippen molar-refractivity contribution in [3.63, 3.8) is 0 Å². The number of rotatable bonds is 10. The van der Waals surface area contributed by atoms with Gasteiger partial charge in [0.15, 0.2) is 0 Å². The monoisotopic (exact) mass is 740 g/mol. The lowest BCUT2D eigenvalue weighted by atomic mass is 9.93. The van der Waals surface area contributed by atoms with Gasteiger partial charge in [-0.25, -0.2) is 0 Å². The van der Waals surface area contributed by atoms with Gasteiger partial charge in [-0.3, -0.25) is 9.98 Å². The van der Waals surface area contributed by atoms with Gasteiger partial charge in [0.2, 0.25) is 0 Å². The Morgan fingerprint density at radius 2 is 1.10 bits per heavy atom. The van der Waals surface area contributed by atoms with Gasteiger partial charge in [-0.2, -0.15) is 0 Å². The number of aliphatic imine (C=N–C) groups is 2. The lowest BCUT2D eigenvalue weighted by Crippen LogP contribution is -2.17. The zero-order chi connectivity index (χ0) is 36.5. The first-order valence-corrected chi connectivity index (χ1v) is 18.8. The Kier molecular flexibility index (Phi) is 13.6. The molecular formula is C44H47Cl3N2O2. The van der Waals surface area contributed by atoms with Gasteiger partial charge in [0.25, 0.3) is 0 Å². The molecule has 0 spiro atoms. The Morgan fingerprint density at radius 3 is 1.57 bits per heavy atom. The number of ether oxygens (including phenoxy) is 2. The summed E-state index contributed by atoms with van der Waals surface area (Å²) in [7, 11) is 0. The molecule has 7 heteroatoms. The van der Waals surface area contributed by atoms with Crippen LogP contribution in [0.5, 0.6) is 11.5 Å². The zero-order valence-electron chi connectivity index (χ0n) is 30.3. The fraction of sp³-hybridized carbons (Fsp3) is 0.318. The third-order valence-electron chi connectivity index (χ3n) is 8.33. The van der Waals surface area contributed by atoms with Crippen LogP contribution in [0.1, 0.15) is 74.9 Å². The molecular weight excluding hydrogens is 695 g/mol. The predicted octanol–water partition coefficient (Wildman–Crippen LogP) is 12.3. The highest BCUT2D eigenvalue weighted by atomic mass is 35.5. The van der Waals surface area contributed by atoms with Gasteiger partial charge in [-0.1, -0.05) is 98.9 Å². The lowest BCUT2D eigenvalue weighted by Gasteiger charge is -2.21. The Morgan fingerprint density at radius 1 is 0.608 bits per heavy atom. The molecule has 0 bridgehead atoms. The zero-order valence-corrected chi connectivity index (χ0v) is 32.6. The minimum Gasteiger partial charge on any atom is -0.493 e. The van der Waals surface area contributed by atoms with E-state index in [-0.39, 0.29) is 12.1 Å². The summed E-state index contributed by atoms with van der Waals surface area (Å²) in [5.41, 5.74) is 8.81. The molecule has 0 aliphatic carbocycles. The van der Waals surface area contributed by atoms with E-state index in [1.54, 1.807) is 6.07 Å². The fourth-order valence-corrected chi connectivity index (χ4v) is 6.55. The van der Waals surface area contributed by atoms with Gasteiger partial charge >= 0.3 is 0 Å². The van der Waals surface area contributed by atoms with Crippen LogP contribution in [0, 0.1) is 11.8 Å². The summed E-state index contributed by atoms with van der Waals surface area (Å²) in [6.45, 7) is 14.4. The van der Waals surface area contributed by atoms with Crippen molar-refractivity contribution in [2.24, 2.45) is 21.8 Å². The minimum atomic E-state index is 0.239. The largest absolute Gasteiger partial charge is 0.493 e. The van der Waals surface area contributed by atoms with Crippen molar-refractivity contribution in [1.29, 1.82) is 0 Å². The Bertz CT molecular complexity index is 1940. The van der Waals surface area contributed by atoms with Crippen LogP contribution in [-0.4, -0.2) is 36.7 Å². The van der Waals surface area contributed by atoms with Crippen LogP contribution in [0.3, 0.4) is 0 Å². The second kappa shape index (κ2) is 18.1. The number of nitrogens with zero attached hydrogens (tertiary/aromatic N) is 2. The summed E-state index contributed by atoms with van der Waals surface area (Å²) in [4.78, 5) is 9.63. The van der Waals surface area contributed by atoms with E-state index in [1.165, 1.54) is 16.7 Å². The summed E-state index contributed by atoms with van der Waals surface area (Å²) < 4.78 is 11.7. The molecule has 2 heterocycles. The van der Waals surface area contributed by atoms with Gasteiger partial charge in [0, 0.05) is 26.2 Å². The van der Waals surface area contributed by atoms with Crippen molar-refractivity contribution in [2.45, 2.75) is 66.5 Å². The van der Waals surface area contributed by atoms with Crippen molar-refractivity contribution >= 4 is 58.4 Å². The van der Waals surface area contributed by atoms with Crippen molar-refractivity contribution in [3.05, 3.63) is 139 Å². The molecule has 2 aliphatic rings. The van der Waals surface area contributed by atoms with Crippen LogP contribution in [0.4, 0.5) is 0 Å². The molecule has 0 aromatic heterocycles. The van der Waals surface area contributed by atoms with Crippen LogP contribution in [0.15, 0.2) is 101 Å². The standard InChI is InChI=1S/C22H23Cl2NO.C22H24ClNO/c1-14(2)13-26-19-7-8-20-17(11-19)10-15(3)25-22(20)9-5-16-4-6-18(23)12-21(16)24;1-15(2)14-25-19-9-10-20-18(13-19)12-16(3)24-22(20)11-8-17-6-4-5-7-21(17)23/h4-9,11-12,14-15H,10,13H2,1-3H3;4-11,13,15-16H,12,14H2,1-3H3. The second-order valence-corrected chi connectivity index (χ2v) is 15.3. The van der Waals surface area contributed by atoms with E-state index in [0.717, 1.165) is 70.7 Å². The number of hydrogen-bond acceptors (Lipinski definition) is 4. The lowest BCUT2D eigenvalue weighted by molar-refractivity contribution is 0.270. The van der Waals surface area contributed by atoms with Crippen molar-refractivity contribution in [3.8, 4) is 11.5 Å². The molecule has 0 N–H and O–H groups in total. The third-order valence-corrected chi connectivity index (χ3v) is 9.24. The number of benzene rings is 4. The van der Waals surface area contributed by atoms with E-state index in [2.05, 4.69) is 71.9 Å². The fourth-order valence-electron chi connectivity index (χ4n) is 5.87. The second-order valence-electron chi connectivity index (χ2n) is 14.0. The molecule has 2 atom stereocenters. The average Bonchev–Trinajstić information content (AvgIpc) is 3.08. The quantitative estimate of drug-likeness (QED) is 0.162. The average molecular weight is 742 g/mol. The molecule has 4 aromatic rings. The molecule has 0 radical (unpaired) electrons. The molecule has 2 unspecified atom stereocenters. The topological polar surface area (TPSA) is 43.2 Å². The van der Waals surface area contributed by atoms with Crippen molar-refractivity contribution in [2.75, 3.05) is 13.2 Å². The highest BCUT2D eigenvalue weighted by Crippen LogP contribution is 2.28. The maximum atomic E-state index is 6.27. The molecule has 266 valence electrons. The minimum absolute atomic E-state index is 0.239. The third kappa shape index (κ3) is 11.1. The first kappa shape index (κ1) is 38.4. The van der Waals surface area contributed by atoms with Gasteiger partial charge in [0.05, 0.1) is 36.7 Å². The predicted molar refractivity (Wildman–Crippen MR) is 219 cm³/mol. The Labute approximate surface area is 318 Å². The summed E-state index contributed by atoms with van der Waals surface area (Å²) in [6.07, 6.45) is 9.97. The van der Waals surface area contributed by atoms with Crippen LogP contribution in [0.2, 0.25) is 15.1 Å². The van der Waals surface area contributed by atoms with Crippen LogP contribution >= 0.6 is 34.8 Å². The van der Waals surface area contributed by atoms with Gasteiger partial charge < -0.3 is 9.47 Å². The molecule has 4 nitrogen and oxygen atoms in total. The maximum Gasteiger partial charge on any atom is 0.119 e. The number of fused-ring (bicyclic) bond motifs is 2. The highest BCUT2D eigenvalue weighted by molar-refractivity contribution is 6.35. The van der Waals surface area contributed by atoms with E-state index in [0.29, 0.717) is 21.9 Å². The van der Waals surface area contributed by atoms with Gasteiger partial charge in [-0.05, 0) is 128 Å². The molecule has 6 rings (SSSR count). The Hall–Kier alpha value is -3.83. The number of halogens is 3. The summed E-state index contributed by atoms with van der Waals surface area (Å²) in [5, 5.41) is 2.02. The normalized spacial score (nSPS) is 16.8. The smallest absolute Gasteiger partial charge is 0.119 e. The molecule has 2 aliphatic heterocycles. The highest BCUT2D eigenvalue weighted by Gasteiger charge is 2.19. The van der Waals surface area contributed by atoms with Gasteiger partial charge in [-0.15, -0.1) is 0 Å². The van der Waals surface area contributed by atoms with E-state index >= 15 is 0 Å². The summed E-state index contributed by atoms with van der Waals surface area (Å²) >= 11 is 18.5. The first-order valence-electron chi connectivity index (χ1n) is 17.7. The number of hydrogen-bond donors (Lipinski definition) is 0. The summed E-state index contributed by atoms with van der Waals surface area (Å²) in [5.74, 6) is 2.89. The van der Waals surface area contributed by atoms with E-state index in [4.69, 9.17) is 54.3 Å². The van der Waals surface area contributed by atoms with E-state index in [9.17, 15) is 0 Å². The van der Waals surface area contributed by atoms with E-state index < -0.39 is 0 Å². The molecule has 0 saturated carbocycles. The molecule has 0 saturated heterocycles. The van der Waals surface area contributed by atoms with Crippen molar-refractivity contribution in [1.82, 2.24) is 0 Å². The SMILES string of the molecule is CC(C)COc1ccc2c(c1)CC(C)N=C2C=Cc1ccc(Cl)cc1Cl.CC(C)COc1ccc2c(c1)CC(C)N=C2C=Cc1ccccc1Cl. The van der Waals surface area contributed by atoms with Crippen LogP contribution < -0.4 is 9.47 Å². The van der Waals surface area contributed by atoms with Crippen LogP contribution in [-0.2, 0) is 12.8 Å². The first-order chi connectivity index (χ1) is 24.4. The molecule has 51 heavy (non-hydrogen) atoms. The Balaban J connectivity index is 0.000000198. The molecule has 0 amide bonds. The summed E-state index contributed by atoms with van der Waals surface area (Å²) in [6, 6.07) is 26.4. The van der Waals surface area contributed by atoms with Crippen LogP contribution in [0.25, 0.3) is 12.2 Å².